The molecule has 0 unspecified atom stereocenters. The van der Waals surface area contributed by atoms with Gasteiger partial charge in [-0.15, -0.1) is 0 Å². The van der Waals surface area contributed by atoms with Crippen molar-refractivity contribution in [3.05, 3.63) is 29.8 Å². The van der Waals surface area contributed by atoms with Crippen molar-refractivity contribution in [3.8, 4) is 0 Å². The monoisotopic (exact) mass is 285 g/mol. The maximum Gasteiger partial charge on any atom is 0.309 e. The minimum Gasteiger partial charge on any atom is -0.469 e. The third kappa shape index (κ3) is 4.04. The molecule has 1 aromatic carbocycles. The van der Waals surface area contributed by atoms with Gasteiger partial charge < -0.3 is 4.74 Å². The Balaban J connectivity index is 2.89. The first-order chi connectivity index (χ1) is 8.91. The Hall–Kier alpha value is -1.40. The fourth-order valence-corrected chi connectivity index (χ4v) is 2.90. The van der Waals surface area contributed by atoms with Gasteiger partial charge in [0.1, 0.15) is 0 Å². The summed E-state index contributed by atoms with van der Waals surface area (Å²) >= 11 is 0. The molecule has 0 aliphatic heterocycles. The molecule has 5 nitrogen and oxygen atoms in total. The van der Waals surface area contributed by atoms with Crippen molar-refractivity contribution in [2.45, 2.75) is 24.7 Å². The predicted octanol–water partition coefficient (Wildman–Crippen LogP) is 1.43. The van der Waals surface area contributed by atoms with Crippen molar-refractivity contribution in [1.29, 1.82) is 0 Å². The van der Waals surface area contributed by atoms with Crippen LogP contribution in [-0.4, -0.2) is 39.4 Å². The molecule has 0 saturated heterocycles. The Morgan fingerprint density at radius 3 is 2.32 bits per heavy atom. The Bertz CT molecular complexity index is 522. The van der Waals surface area contributed by atoms with Crippen LogP contribution in [0.15, 0.2) is 29.2 Å². The number of hydrogen-bond donors (Lipinski definition) is 0. The van der Waals surface area contributed by atoms with E-state index in [1.807, 2.05) is 6.92 Å². The quantitative estimate of drug-likeness (QED) is 0.742. The number of esters is 1. The van der Waals surface area contributed by atoms with E-state index in [0.717, 1.165) is 12.0 Å². The van der Waals surface area contributed by atoms with E-state index in [0.29, 0.717) is 6.54 Å². The molecule has 6 heteroatoms. The number of ether oxygens (including phenoxy) is 1. The highest BCUT2D eigenvalue weighted by Gasteiger charge is 2.19. The summed E-state index contributed by atoms with van der Waals surface area (Å²) in [6.07, 6.45) is 0.901. The molecule has 106 valence electrons. The summed E-state index contributed by atoms with van der Waals surface area (Å²) < 4.78 is 30.2. The van der Waals surface area contributed by atoms with Gasteiger partial charge >= 0.3 is 5.97 Å². The number of nitrogens with zero attached hydrogens (tertiary/aromatic N) is 1. The van der Waals surface area contributed by atoms with Crippen LogP contribution in [-0.2, 0) is 26.0 Å². The molecule has 0 bridgehead atoms. The Kier molecular flexibility index (Phi) is 5.50. The van der Waals surface area contributed by atoms with Crippen LogP contribution in [0, 0.1) is 0 Å². The van der Waals surface area contributed by atoms with Gasteiger partial charge in [0, 0.05) is 13.6 Å². The van der Waals surface area contributed by atoms with E-state index in [1.165, 1.54) is 23.5 Å². The third-order valence-electron chi connectivity index (χ3n) is 2.75. The highest BCUT2D eigenvalue weighted by molar-refractivity contribution is 7.89. The van der Waals surface area contributed by atoms with Gasteiger partial charge in [0.05, 0.1) is 18.4 Å². The molecule has 0 aromatic heterocycles. The van der Waals surface area contributed by atoms with Gasteiger partial charge in [-0.2, -0.15) is 0 Å². The van der Waals surface area contributed by atoms with Gasteiger partial charge in [-0.1, -0.05) is 19.1 Å². The number of hydrogen-bond acceptors (Lipinski definition) is 4. The van der Waals surface area contributed by atoms with Crippen LogP contribution >= 0.6 is 0 Å². The molecule has 0 aliphatic rings. The predicted molar refractivity (Wildman–Crippen MR) is 72.3 cm³/mol. The topological polar surface area (TPSA) is 63.7 Å². The molecular weight excluding hydrogens is 266 g/mol. The average Bonchev–Trinajstić information content (AvgIpc) is 2.39. The lowest BCUT2D eigenvalue weighted by atomic mass is 10.2. The lowest BCUT2D eigenvalue weighted by Crippen LogP contribution is -2.27. The summed E-state index contributed by atoms with van der Waals surface area (Å²) in [6, 6.07) is 6.28. The Morgan fingerprint density at radius 1 is 1.26 bits per heavy atom. The molecule has 0 N–H and O–H groups in total. The zero-order valence-electron chi connectivity index (χ0n) is 11.4. The van der Waals surface area contributed by atoms with Gasteiger partial charge in [-0.3, -0.25) is 4.79 Å². The van der Waals surface area contributed by atoms with Crippen molar-refractivity contribution in [2.24, 2.45) is 0 Å². The molecule has 0 fully saturated rings. The van der Waals surface area contributed by atoms with E-state index in [2.05, 4.69) is 4.74 Å². The third-order valence-corrected chi connectivity index (χ3v) is 4.62. The molecule has 0 saturated carbocycles. The second-order valence-electron chi connectivity index (χ2n) is 4.22. The van der Waals surface area contributed by atoms with E-state index in [9.17, 15) is 13.2 Å². The molecule has 0 spiro atoms. The highest BCUT2D eigenvalue weighted by atomic mass is 32.2. The van der Waals surface area contributed by atoms with Gasteiger partial charge in [0.15, 0.2) is 0 Å². The van der Waals surface area contributed by atoms with Crippen LogP contribution in [0.4, 0.5) is 0 Å². The Labute approximate surface area is 114 Å². The smallest absolute Gasteiger partial charge is 0.309 e. The zero-order valence-corrected chi connectivity index (χ0v) is 12.2. The normalized spacial score (nSPS) is 11.6. The van der Waals surface area contributed by atoms with Crippen molar-refractivity contribution in [2.75, 3.05) is 20.7 Å². The van der Waals surface area contributed by atoms with Crippen LogP contribution in [0.25, 0.3) is 0 Å². The van der Waals surface area contributed by atoms with Gasteiger partial charge in [-0.05, 0) is 24.1 Å². The molecule has 19 heavy (non-hydrogen) atoms. The maximum absolute atomic E-state index is 12.1. The number of rotatable bonds is 6. The van der Waals surface area contributed by atoms with E-state index < -0.39 is 10.0 Å². The van der Waals surface area contributed by atoms with Crippen molar-refractivity contribution >= 4 is 16.0 Å². The van der Waals surface area contributed by atoms with E-state index in [4.69, 9.17) is 0 Å². The first kappa shape index (κ1) is 15.7. The molecule has 0 aliphatic carbocycles. The van der Waals surface area contributed by atoms with Crippen molar-refractivity contribution < 1.29 is 17.9 Å². The summed E-state index contributed by atoms with van der Waals surface area (Å²) in [6.45, 7) is 2.40. The fraction of sp³-hybridized carbons (Fsp3) is 0.462. The van der Waals surface area contributed by atoms with Crippen LogP contribution < -0.4 is 0 Å². The summed E-state index contributed by atoms with van der Waals surface area (Å²) in [7, 11) is -0.558. The molecule has 0 heterocycles. The van der Waals surface area contributed by atoms with Crippen LogP contribution in [0.5, 0.6) is 0 Å². The summed E-state index contributed by atoms with van der Waals surface area (Å²) in [5, 5.41) is 0. The minimum atomic E-state index is -3.43. The van der Waals surface area contributed by atoms with Crippen LogP contribution in [0.1, 0.15) is 18.9 Å². The lowest BCUT2D eigenvalue weighted by Gasteiger charge is -2.16. The van der Waals surface area contributed by atoms with Crippen LogP contribution in [0.3, 0.4) is 0 Å². The first-order valence-electron chi connectivity index (χ1n) is 6.04. The summed E-state index contributed by atoms with van der Waals surface area (Å²) in [5.74, 6) is -0.348. The maximum atomic E-state index is 12.1. The number of methoxy groups -OCH3 is 1. The van der Waals surface area contributed by atoms with E-state index in [-0.39, 0.29) is 17.3 Å². The number of carbonyl (C=O) groups excluding carboxylic acids is 1. The fourth-order valence-electron chi connectivity index (χ4n) is 1.63. The molecule has 0 atom stereocenters. The van der Waals surface area contributed by atoms with Gasteiger partial charge in [0.25, 0.3) is 0 Å². The van der Waals surface area contributed by atoms with E-state index >= 15 is 0 Å². The largest absolute Gasteiger partial charge is 0.469 e. The SMILES string of the molecule is CCCN(C)S(=O)(=O)c1ccc(CC(=O)OC)cc1. The van der Waals surface area contributed by atoms with Crippen LogP contribution in [0.2, 0.25) is 0 Å². The van der Waals surface area contributed by atoms with Gasteiger partial charge in [-0.25, -0.2) is 12.7 Å². The molecule has 1 rings (SSSR count). The number of carbonyl (C=O) groups is 1. The molecule has 1 aromatic rings. The second kappa shape index (κ2) is 6.68. The number of sulfonamides is 1. The first-order valence-corrected chi connectivity index (χ1v) is 7.48. The molecule has 0 amide bonds. The van der Waals surface area contributed by atoms with Gasteiger partial charge in [0.2, 0.25) is 10.0 Å². The second-order valence-corrected chi connectivity index (χ2v) is 6.27. The zero-order chi connectivity index (χ0) is 14.5. The van der Waals surface area contributed by atoms with E-state index in [1.54, 1.807) is 19.2 Å². The highest BCUT2D eigenvalue weighted by Crippen LogP contribution is 2.15. The average molecular weight is 285 g/mol. The van der Waals surface area contributed by atoms with Crippen molar-refractivity contribution in [3.63, 3.8) is 0 Å². The Morgan fingerprint density at radius 2 is 1.84 bits per heavy atom. The summed E-state index contributed by atoms with van der Waals surface area (Å²) in [4.78, 5) is 11.3. The lowest BCUT2D eigenvalue weighted by molar-refractivity contribution is -0.139. The molecule has 0 radical (unpaired) electrons. The molecular formula is C13H19NO4S. The summed E-state index contributed by atoms with van der Waals surface area (Å²) in [5.41, 5.74) is 0.726. The number of benzene rings is 1. The minimum absolute atomic E-state index is 0.141. The standard InChI is InChI=1S/C13H19NO4S/c1-4-9-14(2)19(16,17)12-7-5-11(6-8-12)10-13(15)18-3/h5-8H,4,9-10H2,1-3H3. The van der Waals surface area contributed by atoms with Crippen molar-refractivity contribution in [1.82, 2.24) is 4.31 Å².